The Morgan fingerprint density at radius 1 is 1.53 bits per heavy atom. The Morgan fingerprint density at radius 3 is 2.88 bits per heavy atom. The SMILES string of the molecule is NCC(CC(=O)NC1CC1)c1cccc(Cl)c1. The van der Waals surface area contributed by atoms with Crippen LogP contribution < -0.4 is 11.1 Å². The van der Waals surface area contributed by atoms with Crippen molar-refractivity contribution in [3.63, 3.8) is 0 Å². The van der Waals surface area contributed by atoms with E-state index in [1.807, 2.05) is 24.3 Å². The molecule has 2 rings (SSSR count). The van der Waals surface area contributed by atoms with Gasteiger partial charge >= 0.3 is 0 Å². The molecule has 1 aliphatic carbocycles. The first-order valence-electron chi connectivity index (χ1n) is 5.94. The monoisotopic (exact) mass is 252 g/mol. The fraction of sp³-hybridized carbons (Fsp3) is 0.462. The van der Waals surface area contributed by atoms with Crippen LogP contribution in [0.15, 0.2) is 24.3 Å². The summed E-state index contributed by atoms with van der Waals surface area (Å²) >= 11 is 5.94. The molecule has 1 atom stereocenters. The van der Waals surface area contributed by atoms with Crippen LogP contribution in [0.5, 0.6) is 0 Å². The molecule has 3 N–H and O–H groups in total. The van der Waals surface area contributed by atoms with Gasteiger partial charge in [0.2, 0.25) is 5.91 Å². The Labute approximate surface area is 106 Å². The highest BCUT2D eigenvalue weighted by atomic mass is 35.5. The van der Waals surface area contributed by atoms with Gasteiger partial charge < -0.3 is 11.1 Å². The fourth-order valence-corrected chi connectivity index (χ4v) is 2.03. The topological polar surface area (TPSA) is 55.1 Å². The highest BCUT2D eigenvalue weighted by Crippen LogP contribution is 2.23. The molecule has 4 heteroatoms. The normalized spacial score (nSPS) is 16.6. The lowest BCUT2D eigenvalue weighted by atomic mass is 9.95. The minimum atomic E-state index is 0.0486. The van der Waals surface area contributed by atoms with Crippen molar-refractivity contribution in [3.8, 4) is 0 Å². The molecule has 0 saturated heterocycles. The Kier molecular flexibility index (Phi) is 4.02. The molecule has 1 saturated carbocycles. The summed E-state index contributed by atoms with van der Waals surface area (Å²) in [6.45, 7) is 0.457. The molecule has 0 spiro atoms. The molecular formula is C13H17ClN2O. The van der Waals surface area contributed by atoms with Crippen molar-refractivity contribution in [1.82, 2.24) is 5.32 Å². The highest BCUT2D eigenvalue weighted by Gasteiger charge is 2.24. The Balaban J connectivity index is 1.97. The van der Waals surface area contributed by atoms with E-state index in [1.54, 1.807) is 0 Å². The predicted octanol–water partition coefficient (Wildman–Crippen LogP) is 2.05. The van der Waals surface area contributed by atoms with Gasteiger partial charge in [0.1, 0.15) is 0 Å². The van der Waals surface area contributed by atoms with Gasteiger partial charge in [-0.05, 0) is 37.1 Å². The van der Waals surface area contributed by atoms with E-state index in [0.717, 1.165) is 18.4 Å². The molecule has 0 aliphatic heterocycles. The Bertz CT molecular complexity index is 404. The lowest BCUT2D eigenvalue weighted by molar-refractivity contribution is -0.121. The van der Waals surface area contributed by atoms with Crippen LogP contribution in [0, 0.1) is 0 Å². The summed E-state index contributed by atoms with van der Waals surface area (Å²) in [5.74, 6) is 0.135. The van der Waals surface area contributed by atoms with Crippen LogP contribution in [0.3, 0.4) is 0 Å². The van der Waals surface area contributed by atoms with Crippen LogP contribution in [0.4, 0.5) is 0 Å². The van der Waals surface area contributed by atoms with E-state index in [0.29, 0.717) is 24.0 Å². The minimum absolute atomic E-state index is 0.0486. The largest absolute Gasteiger partial charge is 0.353 e. The zero-order valence-corrected chi connectivity index (χ0v) is 10.4. The molecule has 0 heterocycles. The van der Waals surface area contributed by atoms with Gasteiger partial charge in [0.25, 0.3) is 0 Å². The van der Waals surface area contributed by atoms with E-state index in [2.05, 4.69) is 5.32 Å². The first-order valence-corrected chi connectivity index (χ1v) is 6.31. The third-order valence-corrected chi connectivity index (χ3v) is 3.21. The van der Waals surface area contributed by atoms with Crippen LogP contribution in [0.25, 0.3) is 0 Å². The number of nitrogens with two attached hydrogens (primary N) is 1. The maximum atomic E-state index is 11.7. The predicted molar refractivity (Wildman–Crippen MR) is 69.0 cm³/mol. The van der Waals surface area contributed by atoms with Crippen LogP contribution in [-0.4, -0.2) is 18.5 Å². The first kappa shape index (κ1) is 12.4. The van der Waals surface area contributed by atoms with Crippen LogP contribution in [-0.2, 0) is 4.79 Å². The number of nitrogens with one attached hydrogen (secondary N) is 1. The van der Waals surface area contributed by atoms with Gasteiger partial charge in [-0.2, -0.15) is 0 Å². The van der Waals surface area contributed by atoms with Gasteiger partial charge in [0.15, 0.2) is 0 Å². The summed E-state index contributed by atoms with van der Waals surface area (Å²) in [6.07, 6.45) is 2.65. The van der Waals surface area contributed by atoms with Gasteiger partial charge in [0.05, 0.1) is 0 Å². The maximum absolute atomic E-state index is 11.7. The van der Waals surface area contributed by atoms with Crippen molar-refractivity contribution < 1.29 is 4.79 Å². The zero-order chi connectivity index (χ0) is 12.3. The average molecular weight is 253 g/mol. The van der Waals surface area contributed by atoms with Crippen molar-refractivity contribution in [2.75, 3.05) is 6.54 Å². The van der Waals surface area contributed by atoms with Gasteiger partial charge in [-0.3, -0.25) is 4.79 Å². The first-order chi connectivity index (χ1) is 8.19. The second-order valence-corrected chi connectivity index (χ2v) is 4.97. The summed E-state index contributed by atoms with van der Waals surface area (Å²) < 4.78 is 0. The summed E-state index contributed by atoms with van der Waals surface area (Å²) in [7, 11) is 0. The molecule has 1 amide bonds. The molecule has 92 valence electrons. The van der Waals surface area contributed by atoms with E-state index in [9.17, 15) is 4.79 Å². The van der Waals surface area contributed by atoms with Gasteiger partial charge in [-0.1, -0.05) is 23.7 Å². The van der Waals surface area contributed by atoms with E-state index in [-0.39, 0.29) is 11.8 Å². The van der Waals surface area contributed by atoms with Crippen LogP contribution in [0.1, 0.15) is 30.7 Å². The molecule has 17 heavy (non-hydrogen) atoms. The third-order valence-electron chi connectivity index (χ3n) is 2.98. The number of hydrogen-bond acceptors (Lipinski definition) is 2. The molecule has 0 radical (unpaired) electrons. The number of hydrogen-bond donors (Lipinski definition) is 2. The maximum Gasteiger partial charge on any atom is 0.220 e. The zero-order valence-electron chi connectivity index (χ0n) is 9.66. The number of carbonyl (C=O) groups excluding carboxylic acids is 1. The van der Waals surface area contributed by atoms with Gasteiger partial charge in [0, 0.05) is 23.4 Å². The number of rotatable bonds is 5. The van der Waals surface area contributed by atoms with Gasteiger partial charge in [-0.15, -0.1) is 0 Å². The molecule has 0 aromatic heterocycles. The molecular weight excluding hydrogens is 236 g/mol. The quantitative estimate of drug-likeness (QED) is 0.843. The molecule has 0 bridgehead atoms. The van der Waals surface area contributed by atoms with Crippen molar-refractivity contribution in [2.24, 2.45) is 5.73 Å². The standard InChI is InChI=1S/C13H17ClN2O/c14-11-3-1-2-9(6-11)10(8-15)7-13(17)16-12-4-5-12/h1-3,6,10,12H,4-5,7-8,15H2,(H,16,17). The number of benzene rings is 1. The number of halogens is 1. The minimum Gasteiger partial charge on any atom is -0.353 e. The Hall–Kier alpha value is -1.06. The van der Waals surface area contributed by atoms with Crippen LogP contribution in [0.2, 0.25) is 5.02 Å². The fourth-order valence-electron chi connectivity index (χ4n) is 1.84. The highest BCUT2D eigenvalue weighted by molar-refractivity contribution is 6.30. The van der Waals surface area contributed by atoms with Crippen molar-refractivity contribution >= 4 is 17.5 Å². The third kappa shape index (κ3) is 3.72. The molecule has 1 aromatic rings. The Morgan fingerprint density at radius 2 is 2.29 bits per heavy atom. The lowest BCUT2D eigenvalue weighted by Gasteiger charge is -2.15. The molecule has 1 aliphatic rings. The lowest BCUT2D eigenvalue weighted by Crippen LogP contribution is -2.28. The van der Waals surface area contributed by atoms with Crippen molar-refractivity contribution in [2.45, 2.75) is 31.2 Å². The van der Waals surface area contributed by atoms with Crippen LogP contribution >= 0.6 is 11.6 Å². The number of carbonyl (C=O) groups is 1. The van der Waals surface area contributed by atoms with Gasteiger partial charge in [-0.25, -0.2) is 0 Å². The summed E-state index contributed by atoms with van der Waals surface area (Å²) in [4.78, 5) is 11.7. The molecule has 1 fully saturated rings. The summed E-state index contributed by atoms with van der Waals surface area (Å²) in [5.41, 5.74) is 6.76. The smallest absolute Gasteiger partial charge is 0.220 e. The summed E-state index contributed by atoms with van der Waals surface area (Å²) in [6, 6.07) is 7.96. The van der Waals surface area contributed by atoms with E-state index in [1.165, 1.54) is 0 Å². The molecule has 3 nitrogen and oxygen atoms in total. The van der Waals surface area contributed by atoms with E-state index >= 15 is 0 Å². The number of amides is 1. The second-order valence-electron chi connectivity index (χ2n) is 4.53. The molecule has 1 unspecified atom stereocenters. The van der Waals surface area contributed by atoms with Crippen molar-refractivity contribution in [1.29, 1.82) is 0 Å². The molecule has 1 aromatic carbocycles. The van der Waals surface area contributed by atoms with Crippen molar-refractivity contribution in [3.05, 3.63) is 34.9 Å². The van der Waals surface area contributed by atoms with E-state index in [4.69, 9.17) is 17.3 Å². The second kappa shape index (κ2) is 5.52. The van der Waals surface area contributed by atoms with E-state index < -0.39 is 0 Å². The summed E-state index contributed by atoms with van der Waals surface area (Å²) in [5, 5.41) is 3.66. The average Bonchev–Trinajstić information content (AvgIpc) is 3.09.